The maximum Gasteiger partial charge on any atom is 0.343 e. The Kier molecular flexibility index (Phi) is 6.23. The minimum Gasteiger partial charge on any atom is -0.480 e. The molecule has 1 aliphatic heterocycles. The molecule has 128 valence electrons. The molecule has 0 aromatic heterocycles. The number of ether oxygens (including phenoxy) is 3. The van der Waals surface area contributed by atoms with Gasteiger partial charge >= 0.3 is 5.97 Å². The molecule has 1 aliphatic rings. The van der Waals surface area contributed by atoms with Crippen LogP contribution in [0.3, 0.4) is 0 Å². The van der Waals surface area contributed by atoms with Gasteiger partial charge in [-0.3, -0.25) is 0 Å². The zero-order valence-corrected chi connectivity index (χ0v) is 14.2. The molecule has 1 atom stereocenters. The fraction of sp³-hybridized carbons (Fsp3) is 0.500. The first kappa shape index (κ1) is 18.0. The van der Waals surface area contributed by atoms with E-state index >= 15 is 0 Å². The molecule has 23 heavy (non-hydrogen) atoms. The van der Waals surface area contributed by atoms with Crippen LogP contribution in [-0.2, 0) is 24.3 Å². The lowest BCUT2D eigenvalue weighted by molar-refractivity contribution is -0.142. The second kappa shape index (κ2) is 7.96. The van der Waals surface area contributed by atoms with Crippen LogP contribution in [0.4, 0.5) is 0 Å². The van der Waals surface area contributed by atoms with E-state index in [0.29, 0.717) is 6.61 Å². The Labute approximate surface area is 139 Å². The summed E-state index contributed by atoms with van der Waals surface area (Å²) in [5, 5.41) is 0.0916. The summed E-state index contributed by atoms with van der Waals surface area (Å²) in [7, 11) is -2.45. The highest BCUT2D eigenvalue weighted by atomic mass is 35.5. The molecule has 0 amide bonds. The van der Waals surface area contributed by atoms with Gasteiger partial charge in [-0.1, -0.05) is 11.6 Å². The molecule has 0 saturated carbocycles. The number of esters is 1. The Bertz CT molecular complexity index is 657. The maximum atomic E-state index is 12.2. The third kappa shape index (κ3) is 5.07. The topological polar surface area (TPSA) is 90.9 Å². The van der Waals surface area contributed by atoms with Crippen molar-refractivity contribution in [1.82, 2.24) is 4.72 Å². The van der Waals surface area contributed by atoms with Crippen molar-refractivity contribution >= 4 is 27.6 Å². The van der Waals surface area contributed by atoms with Crippen molar-refractivity contribution in [2.24, 2.45) is 0 Å². The molecule has 1 fully saturated rings. The Morgan fingerprint density at radius 3 is 2.87 bits per heavy atom. The number of methoxy groups -OCH3 is 1. The molecule has 0 spiro atoms. The maximum absolute atomic E-state index is 12.2. The first-order valence-corrected chi connectivity index (χ1v) is 8.89. The Morgan fingerprint density at radius 2 is 2.26 bits per heavy atom. The minimum atomic E-state index is -3.68. The molecular weight excluding hydrogens is 346 g/mol. The SMILES string of the molecule is COC(=O)COc1ccc(S(=O)(=O)NC[C@H]2CCCO2)cc1Cl. The standard InChI is InChI=1S/C14H18ClNO6S/c1-20-14(17)9-22-13-5-4-11(7-12(13)15)23(18,19)16-8-10-3-2-6-21-10/h4-5,7,10,16H,2-3,6,8-9H2,1H3/t10-/m1/s1. The highest BCUT2D eigenvalue weighted by molar-refractivity contribution is 7.89. The average Bonchev–Trinajstić information content (AvgIpc) is 3.05. The van der Waals surface area contributed by atoms with Gasteiger partial charge in [0.2, 0.25) is 10.0 Å². The quantitative estimate of drug-likeness (QED) is 0.735. The summed E-state index contributed by atoms with van der Waals surface area (Å²) in [6, 6.07) is 4.02. The van der Waals surface area contributed by atoms with Crippen molar-refractivity contribution in [3.63, 3.8) is 0 Å². The second-order valence-corrected chi connectivity index (χ2v) is 7.12. The molecule has 0 aliphatic carbocycles. The van der Waals surface area contributed by atoms with Gasteiger partial charge in [0, 0.05) is 13.2 Å². The molecule has 1 saturated heterocycles. The Balaban J connectivity index is 2.01. The van der Waals surface area contributed by atoms with Crippen molar-refractivity contribution in [2.75, 3.05) is 26.9 Å². The van der Waals surface area contributed by atoms with Gasteiger partial charge in [0.25, 0.3) is 0 Å². The van der Waals surface area contributed by atoms with Gasteiger partial charge in [0.15, 0.2) is 6.61 Å². The fourth-order valence-corrected chi connectivity index (χ4v) is 3.44. The molecule has 1 heterocycles. The van der Waals surface area contributed by atoms with Crippen LogP contribution in [0, 0.1) is 0 Å². The fourth-order valence-electron chi connectivity index (χ4n) is 2.05. The molecule has 7 nitrogen and oxygen atoms in total. The van der Waals surface area contributed by atoms with E-state index in [2.05, 4.69) is 9.46 Å². The van der Waals surface area contributed by atoms with Crippen molar-refractivity contribution in [3.05, 3.63) is 23.2 Å². The average molecular weight is 364 g/mol. The van der Waals surface area contributed by atoms with E-state index in [1.54, 1.807) is 0 Å². The van der Waals surface area contributed by atoms with E-state index in [4.69, 9.17) is 21.1 Å². The third-order valence-corrected chi connectivity index (χ3v) is 5.03. The summed E-state index contributed by atoms with van der Waals surface area (Å²) in [5.74, 6) is -0.355. The molecule has 0 unspecified atom stereocenters. The number of hydrogen-bond acceptors (Lipinski definition) is 6. The highest BCUT2D eigenvalue weighted by Gasteiger charge is 2.21. The van der Waals surface area contributed by atoms with Gasteiger partial charge in [-0.25, -0.2) is 17.9 Å². The minimum absolute atomic E-state index is 0.0194. The van der Waals surface area contributed by atoms with E-state index in [9.17, 15) is 13.2 Å². The van der Waals surface area contributed by atoms with Crippen LogP contribution in [0.5, 0.6) is 5.75 Å². The summed E-state index contributed by atoms with van der Waals surface area (Å²) in [6.45, 7) is 0.574. The van der Waals surface area contributed by atoms with Crippen LogP contribution in [0.15, 0.2) is 23.1 Å². The van der Waals surface area contributed by atoms with Crippen molar-refractivity contribution in [2.45, 2.75) is 23.8 Å². The van der Waals surface area contributed by atoms with E-state index in [1.165, 1.54) is 25.3 Å². The first-order valence-electron chi connectivity index (χ1n) is 7.03. The van der Waals surface area contributed by atoms with Gasteiger partial charge in [-0.2, -0.15) is 0 Å². The van der Waals surface area contributed by atoms with Crippen LogP contribution >= 0.6 is 11.6 Å². The molecule has 0 bridgehead atoms. The van der Waals surface area contributed by atoms with Crippen LogP contribution in [0.2, 0.25) is 5.02 Å². The predicted molar refractivity (Wildman–Crippen MR) is 83.1 cm³/mol. The van der Waals surface area contributed by atoms with Crippen LogP contribution in [0.1, 0.15) is 12.8 Å². The monoisotopic (exact) mass is 363 g/mol. The van der Waals surface area contributed by atoms with Gasteiger partial charge in [-0.15, -0.1) is 0 Å². The molecule has 0 radical (unpaired) electrons. The zero-order valence-electron chi connectivity index (χ0n) is 12.6. The molecule has 1 N–H and O–H groups in total. The number of carbonyl (C=O) groups excluding carboxylic acids is 1. The van der Waals surface area contributed by atoms with Gasteiger partial charge in [-0.05, 0) is 31.0 Å². The van der Waals surface area contributed by atoms with Crippen molar-refractivity contribution in [1.29, 1.82) is 0 Å². The number of benzene rings is 1. The third-order valence-electron chi connectivity index (χ3n) is 3.31. The number of nitrogens with one attached hydrogen (secondary N) is 1. The molecule has 2 rings (SSSR count). The normalized spacial score (nSPS) is 17.9. The predicted octanol–water partition coefficient (Wildman–Crippen LogP) is 1.35. The van der Waals surface area contributed by atoms with Crippen LogP contribution < -0.4 is 9.46 Å². The number of sulfonamides is 1. The summed E-state index contributed by atoms with van der Waals surface area (Å²) in [4.78, 5) is 11.0. The summed E-state index contributed by atoms with van der Waals surface area (Å²) < 4.78 is 41.9. The zero-order chi connectivity index (χ0) is 16.9. The molecule has 9 heteroatoms. The highest BCUT2D eigenvalue weighted by Crippen LogP contribution is 2.27. The van der Waals surface area contributed by atoms with E-state index in [1.807, 2.05) is 0 Å². The lowest BCUT2D eigenvalue weighted by atomic mass is 10.2. The summed E-state index contributed by atoms with van der Waals surface area (Å²) in [6.07, 6.45) is 1.68. The number of carbonyl (C=O) groups is 1. The van der Waals surface area contributed by atoms with E-state index in [0.717, 1.165) is 12.8 Å². The lowest BCUT2D eigenvalue weighted by Gasteiger charge is -2.12. The number of halogens is 1. The van der Waals surface area contributed by atoms with Crippen molar-refractivity contribution in [3.8, 4) is 5.75 Å². The largest absolute Gasteiger partial charge is 0.480 e. The van der Waals surface area contributed by atoms with Gasteiger partial charge < -0.3 is 14.2 Å². The van der Waals surface area contributed by atoms with Crippen LogP contribution in [0.25, 0.3) is 0 Å². The molecular formula is C14H18ClNO6S. The van der Waals surface area contributed by atoms with Crippen LogP contribution in [-0.4, -0.2) is 47.4 Å². The summed E-state index contributed by atoms with van der Waals surface area (Å²) in [5.41, 5.74) is 0. The smallest absolute Gasteiger partial charge is 0.343 e. The number of rotatable bonds is 7. The lowest BCUT2D eigenvalue weighted by Crippen LogP contribution is -2.31. The second-order valence-electron chi connectivity index (χ2n) is 4.94. The summed E-state index contributed by atoms with van der Waals surface area (Å²) >= 11 is 6.00. The van der Waals surface area contributed by atoms with Crippen molar-refractivity contribution < 1.29 is 27.4 Å². The van der Waals surface area contributed by atoms with E-state index in [-0.39, 0.29) is 34.9 Å². The molecule has 1 aromatic carbocycles. The van der Waals surface area contributed by atoms with Gasteiger partial charge in [0.05, 0.1) is 23.1 Å². The Morgan fingerprint density at radius 1 is 1.48 bits per heavy atom. The molecule has 1 aromatic rings. The van der Waals surface area contributed by atoms with E-state index < -0.39 is 16.0 Å². The number of hydrogen-bond donors (Lipinski definition) is 1. The first-order chi connectivity index (χ1) is 10.9. The Hall–Kier alpha value is -1.35. The van der Waals surface area contributed by atoms with Gasteiger partial charge in [0.1, 0.15) is 5.75 Å².